The number of ether oxygens (including phenoxy) is 2. The molecular weight excluding hydrogens is 442 g/mol. The molecular formula is C20H28Cl4N2O2. The summed E-state index contributed by atoms with van der Waals surface area (Å²) in [6, 6.07) is 11.4. The maximum Gasteiger partial charge on any atom is 0.180 e. The molecule has 2 rings (SSSR count). The maximum absolute atomic E-state index is 6.42. The summed E-state index contributed by atoms with van der Waals surface area (Å²) in [6.07, 6.45) is 1.08. The standard InChI is InChI=1S/C20H26Cl2N2O2.2ClH/c1-3-23-9-4-10-24-13-16-11-18(22)20(19(12-16)25-2)26-14-15-5-7-17(21)8-6-15;;/h5-8,11-12,23-24H,3-4,9-10,13-14H2,1-2H3;2*1H. The second-order valence-electron chi connectivity index (χ2n) is 5.91. The van der Waals surface area contributed by atoms with Crippen LogP contribution >= 0.6 is 48.0 Å². The van der Waals surface area contributed by atoms with Crippen LogP contribution in [0.5, 0.6) is 11.5 Å². The summed E-state index contributed by atoms with van der Waals surface area (Å²) in [5, 5.41) is 7.97. The molecule has 0 aliphatic heterocycles. The van der Waals surface area contributed by atoms with Crippen LogP contribution in [0, 0.1) is 0 Å². The molecule has 28 heavy (non-hydrogen) atoms. The Hall–Kier alpha value is -0.880. The first-order valence-electron chi connectivity index (χ1n) is 8.79. The zero-order valence-electron chi connectivity index (χ0n) is 16.1. The molecule has 0 aliphatic rings. The fraction of sp³-hybridized carbons (Fsp3) is 0.400. The Balaban J connectivity index is 0.00000364. The normalized spacial score (nSPS) is 10.0. The fourth-order valence-electron chi connectivity index (χ4n) is 2.50. The first kappa shape index (κ1) is 27.1. The van der Waals surface area contributed by atoms with E-state index in [9.17, 15) is 0 Å². The van der Waals surface area contributed by atoms with E-state index in [2.05, 4.69) is 17.6 Å². The van der Waals surface area contributed by atoms with Crippen molar-refractivity contribution in [3.05, 3.63) is 57.6 Å². The lowest BCUT2D eigenvalue weighted by Gasteiger charge is -2.15. The molecule has 2 N–H and O–H groups in total. The van der Waals surface area contributed by atoms with Gasteiger partial charge in [0.25, 0.3) is 0 Å². The Morgan fingerprint density at radius 2 is 1.61 bits per heavy atom. The summed E-state index contributed by atoms with van der Waals surface area (Å²) in [7, 11) is 1.62. The SMILES string of the molecule is CCNCCCNCc1cc(Cl)c(OCc2ccc(Cl)cc2)c(OC)c1.Cl.Cl. The van der Waals surface area contributed by atoms with E-state index >= 15 is 0 Å². The summed E-state index contributed by atoms with van der Waals surface area (Å²) in [6.45, 7) is 6.21. The lowest BCUT2D eigenvalue weighted by Crippen LogP contribution is -2.21. The summed E-state index contributed by atoms with van der Waals surface area (Å²) in [5.74, 6) is 1.19. The quantitative estimate of drug-likeness (QED) is 0.425. The topological polar surface area (TPSA) is 42.5 Å². The van der Waals surface area contributed by atoms with Gasteiger partial charge in [-0.3, -0.25) is 0 Å². The number of methoxy groups -OCH3 is 1. The monoisotopic (exact) mass is 468 g/mol. The molecule has 4 nitrogen and oxygen atoms in total. The third-order valence-electron chi connectivity index (χ3n) is 3.87. The predicted molar refractivity (Wildman–Crippen MR) is 123 cm³/mol. The number of hydrogen-bond donors (Lipinski definition) is 2. The second kappa shape index (κ2) is 15.0. The largest absolute Gasteiger partial charge is 0.493 e. The Labute approximate surface area is 190 Å². The van der Waals surface area contributed by atoms with E-state index < -0.39 is 0 Å². The van der Waals surface area contributed by atoms with Crippen LogP contribution in [0.4, 0.5) is 0 Å². The van der Waals surface area contributed by atoms with Gasteiger partial charge >= 0.3 is 0 Å². The van der Waals surface area contributed by atoms with Crippen LogP contribution in [0.25, 0.3) is 0 Å². The van der Waals surface area contributed by atoms with Gasteiger partial charge in [-0.25, -0.2) is 0 Å². The lowest BCUT2D eigenvalue weighted by molar-refractivity contribution is 0.284. The van der Waals surface area contributed by atoms with Crippen molar-refractivity contribution in [2.24, 2.45) is 0 Å². The average Bonchev–Trinajstić information content (AvgIpc) is 2.64. The smallest absolute Gasteiger partial charge is 0.180 e. The highest BCUT2D eigenvalue weighted by molar-refractivity contribution is 6.32. The first-order valence-corrected chi connectivity index (χ1v) is 9.54. The molecule has 0 amide bonds. The molecule has 2 aromatic carbocycles. The molecule has 0 aliphatic carbocycles. The zero-order chi connectivity index (χ0) is 18.8. The van der Waals surface area contributed by atoms with Crippen molar-refractivity contribution in [1.29, 1.82) is 0 Å². The van der Waals surface area contributed by atoms with E-state index in [-0.39, 0.29) is 24.8 Å². The van der Waals surface area contributed by atoms with Gasteiger partial charge in [-0.1, -0.05) is 42.3 Å². The van der Waals surface area contributed by atoms with Crippen molar-refractivity contribution in [1.82, 2.24) is 10.6 Å². The number of halogens is 4. The Kier molecular flexibility index (Phi) is 14.6. The van der Waals surface area contributed by atoms with E-state index in [4.69, 9.17) is 32.7 Å². The van der Waals surface area contributed by atoms with Crippen molar-refractivity contribution in [3.63, 3.8) is 0 Å². The molecule has 2 aromatic rings. The zero-order valence-corrected chi connectivity index (χ0v) is 19.2. The Morgan fingerprint density at radius 3 is 2.25 bits per heavy atom. The van der Waals surface area contributed by atoms with Crippen molar-refractivity contribution < 1.29 is 9.47 Å². The van der Waals surface area contributed by atoms with E-state index in [0.29, 0.717) is 28.2 Å². The van der Waals surface area contributed by atoms with Gasteiger partial charge in [0.05, 0.1) is 12.1 Å². The van der Waals surface area contributed by atoms with Gasteiger partial charge in [0.15, 0.2) is 11.5 Å². The number of benzene rings is 2. The first-order chi connectivity index (χ1) is 12.6. The van der Waals surface area contributed by atoms with Crippen LogP contribution in [-0.2, 0) is 13.2 Å². The molecule has 158 valence electrons. The minimum absolute atomic E-state index is 0. The van der Waals surface area contributed by atoms with Crippen molar-refractivity contribution >= 4 is 48.0 Å². The highest BCUT2D eigenvalue weighted by Gasteiger charge is 2.12. The van der Waals surface area contributed by atoms with E-state index in [1.165, 1.54) is 0 Å². The molecule has 0 unspecified atom stereocenters. The molecule has 0 fully saturated rings. The van der Waals surface area contributed by atoms with Crippen molar-refractivity contribution in [3.8, 4) is 11.5 Å². The summed E-state index contributed by atoms with van der Waals surface area (Å²) >= 11 is 12.3. The average molecular weight is 470 g/mol. The van der Waals surface area contributed by atoms with Gasteiger partial charge < -0.3 is 20.1 Å². The van der Waals surface area contributed by atoms with Gasteiger partial charge in [0.1, 0.15) is 6.61 Å². The minimum Gasteiger partial charge on any atom is -0.493 e. The Bertz CT molecular complexity index is 685. The van der Waals surface area contributed by atoms with Gasteiger partial charge in [0, 0.05) is 11.6 Å². The maximum atomic E-state index is 6.42. The van der Waals surface area contributed by atoms with Crippen LogP contribution in [-0.4, -0.2) is 26.7 Å². The van der Waals surface area contributed by atoms with Gasteiger partial charge in [-0.2, -0.15) is 0 Å². The van der Waals surface area contributed by atoms with Crippen molar-refractivity contribution in [2.45, 2.75) is 26.5 Å². The van der Waals surface area contributed by atoms with Crippen LogP contribution < -0.4 is 20.1 Å². The highest BCUT2D eigenvalue weighted by atomic mass is 35.5. The number of rotatable bonds is 11. The van der Waals surface area contributed by atoms with Gasteiger partial charge in [0.2, 0.25) is 0 Å². The molecule has 0 atom stereocenters. The summed E-state index contributed by atoms with van der Waals surface area (Å²) < 4.78 is 11.3. The predicted octanol–water partition coefficient (Wildman–Crippen LogP) is 5.51. The fourth-order valence-corrected chi connectivity index (χ4v) is 2.91. The molecule has 0 saturated heterocycles. The van der Waals surface area contributed by atoms with Crippen LogP contribution in [0.3, 0.4) is 0 Å². The third kappa shape index (κ3) is 9.08. The van der Waals surface area contributed by atoms with Crippen LogP contribution in [0.2, 0.25) is 10.0 Å². The highest BCUT2D eigenvalue weighted by Crippen LogP contribution is 2.37. The molecule has 8 heteroatoms. The van der Waals surface area contributed by atoms with Gasteiger partial charge in [-0.05, 0) is 61.4 Å². The summed E-state index contributed by atoms with van der Waals surface area (Å²) in [4.78, 5) is 0. The molecule has 0 spiro atoms. The minimum atomic E-state index is 0. The van der Waals surface area contributed by atoms with Gasteiger partial charge in [-0.15, -0.1) is 24.8 Å². The Morgan fingerprint density at radius 1 is 0.929 bits per heavy atom. The van der Waals surface area contributed by atoms with Crippen LogP contribution in [0.15, 0.2) is 36.4 Å². The molecule has 0 heterocycles. The van der Waals surface area contributed by atoms with E-state index in [0.717, 1.165) is 43.7 Å². The van der Waals surface area contributed by atoms with Crippen molar-refractivity contribution in [2.75, 3.05) is 26.7 Å². The molecule has 0 saturated carbocycles. The van der Waals surface area contributed by atoms with E-state index in [1.54, 1.807) is 7.11 Å². The third-order valence-corrected chi connectivity index (χ3v) is 4.40. The lowest BCUT2D eigenvalue weighted by atomic mass is 10.2. The molecule has 0 bridgehead atoms. The summed E-state index contributed by atoms with van der Waals surface area (Å²) in [5.41, 5.74) is 2.08. The number of nitrogens with one attached hydrogen (secondary N) is 2. The van der Waals surface area contributed by atoms with E-state index in [1.807, 2.05) is 36.4 Å². The molecule has 0 aromatic heterocycles. The number of hydrogen-bond acceptors (Lipinski definition) is 4. The second-order valence-corrected chi connectivity index (χ2v) is 6.75. The van der Waals surface area contributed by atoms with Crippen LogP contribution in [0.1, 0.15) is 24.5 Å². The molecule has 0 radical (unpaired) electrons.